The molecule has 0 fully saturated rings. The zero-order valence-corrected chi connectivity index (χ0v) is 22.7. The van der Waals surface area contributed by atoms with Crippen molar-refractivity contribution < 1.29 is 12.4 Å². The van der Waals surface area contributed by atoms with E-state index in [2.05, 4.69) is 43.2 Å². The molecule has 6 heteroatoms. The van der Waals surface area contributed by atoms with Gasteiger partial charge >= 0.3 is 0 Å². The number of carbonyl (C=O) groups is 2. The predicted molar refractivity (Wildman–Crippen MR) is 139 cm³/mol. The van der Waals surface area contributed by atoms with Crippen molar-refractivity contribution in [2.75, 3.05) is 26.7 Å². The van der Waals surface area contributed by atoms with Gasteiger partial charge in [-0.2, -0.15) is 0 Å². The Morgan fingerprint density at radius 2 is 1.54 bits per heavy atom. The second-order valence-electron chi connectivity index (χ2n) is 6.97. The second-order valence-corrected chi connectivity index (χ2v) is 6.97. The van der Waals surface area contributed by atoms with Crippen molar-refractivity contribution in [3.63, 3.8) is 0 Å². The monoisotopic (exact) mass is 519 g/mol. The number of likely N-dealkylation sites (N-methyl/N-ethyl adjacent to an activating group) is 1. The zero-order chi connectivity index (χ0) is 21.8. The second kappa shape index (κ2) is 24.8. The molecule has 0 unspecified atom stereocenters. The fourth-order valence-corrected chi connectivity index (χ4v) is 2.67. The molecule has 0 aromatic heterocycles. The quantitative estimate of drug-likeness (QED) is 0.341. The molecule has 0 saturated heterocycles. The van der Waals surface area contributed by atoms with Gasteiger partial charge in [0, 0.05) is 2.85 Å². The van der Waals surface area contributed by atoms with Crippen LogP contribution < -0.4 is 10.6 Å². The van der Waals surface area contributed by atoms with Gasteiger partial charge in [-0.3, -0.25) is 9.59 Å². The minimum absolute atomic E-state index is 0. The van der Waals surface area contributed by atoms with Crippen molar-refractivity contribution >= 4 is 35.7 Å². The minimum Gasteiger partial charge on any atom is -0.345 e. The highest BCUT2D eigenvalue weighted by Crippen LogP contribution is 2.06. The first-order chi connectivity index (χ1) is 12.8. The van der Waals surface area contributed by atoms with E-state index in [0.717, 1.165) is 32.5 Å². The van der Waals surface area contributed by atoms with E-state index in [9.17, 15) is 9.59 Å². The molecule has 1 amide bonds. The lowest BCUT2D eigenvalue weighted by atomic mass is 10.0. The standard InChI is InChI=1S/C17H35N3O2.C3H8.C2H6.HI.2H2/c1-7-11-20(8-2)12-9-10-15(14(5)21)19-17(22)16(18-6)13(3)4;1-3-2;1-2;;;/h13,15-16,18H,7-12H2,1-6H3,(H,19,22);3H2,1-2H3;1-2H3;3*1H/t15-,16-;;;;;/m0...../s1. The molecule has 176 valence electrons. The summed E-state index contributed by atoms with van der Waals surface area (Å²) in [6.45, 7) is 21.2. The van der Waals surface area contributed by atoms with Gasteiger partial charge in [-0.1, -0.05) is 61.8 Å². The summed E-state index contributed by atoms with van der Waals surface area (Å²) in [4.78, 5) is 26.4. The lowest BCUT2D eigenvalue weighted by Gasteiger charge is -2.24. The third kappa shape index (κ3) is 19.1. The van der Waals surface area contributed by atoms with Crippen LogP contribution in [0.2, 0.25) is 0 Å². The Kier molecular flexibility index (Phi) is 31.2. The molecule has 0 spiro atoms. The number of amides is 1. The first-order valence-corrected chi connectivity index (χ1v) is 11.0. The first kappa shape index (κ1) is 35.2. The summed E-state index contributed by atoms with van der Waals surface area (Å²) in [5.41, 5.74) is 0. The summed E-state index contributed by atoms with van der Waals surface area (Å²) in [6.07, 6.45) is 4.01. The van der Waals surface area contributed by atoms with E-state index in [4.69, 9.17) is 0 Å². The Hall–Kier alpha value is -0.210. The molecule has 0 bridgehead atoms. The summed E-state index contributed by atoms with van der Waals surface area (Å²) in [7, 11) is 1.77. The number of carbonyl (C=O) groups excluding carboxylic acids is 2. The summed E-state index contributed by atoms with van der Waals surface area (Å²) < 4.78 is 0. The van der Waals surface area contributed by atoms with Crippen molar-refractivity contribution in [2.24, 2.45) is 5.92 Å². The Bertz CT molecular complexity index is 363. The highest BCUT2D eigenvalue weighted by Gasteiger charge is 2.24. The van der Waals surface area contributed by atoms with E-state index >= 15 is 0 Å². The summed E-state index contributed by atoms with van der Waals surface area (Å²) in [5, 5.41) is 5.92. The van der Waals surface area contributed by atoms with E-state index in [1.54, 1.807) is 14.0 Å². The number of hydrogen-bond acceptors (Lipinski definition) is 4. The van der Waals surface area contributed by atoms with Crippen LogP contribution in [0.25, 0.3) is 0 Å². The van der Waals surface area contributed by atoms with E-state index < -0.39 is 0 Å². The highest BCUT2D eigenvalue weighted by molar-refractivity contribution is 14.0. The predicted octanol–water partition coefficient (Wildman–Crippen LogP) is 5.37. The molecule has 0 aliphatic rings. The SMILES string of the molecule is CC.CCC.CCCN(CC)CCC[C@H](NC(=O)[C@@H](NC)C(C)C)C(C)=O.I.[HH].[HH]. The number of ketones is 1. The van der Waals surface area contributed by atoms with Gasteiger partial charge in [0.05, 0.1) is 12.1 Å². The molecule has 0 aliphatic heterocycles. The molecular formula is C22H54IN3O2. The first-order valence-electron chi connectivity index (χ1n) is 11.0. The Balaban J connectivity index is -0.000000164. The summed E-state index contributed by atoms with van der Waals surface area (Å²) >= 11 is 0. The molecule has 0 radical (unpaired) electrons. The van der Waals surface area contributed by atoms with Gasteiger partial charge in [0.15, 0.2) is 5.78 Å². The molecule has 0 saturated carbocycles. The number of rotatable bonds is 12. The van der Waals surface area contributed by atoms with Crippen molar-refractivity contribution in [1.82, 2.24) is 15.5 Å². The maximum Gasteiger partial charge on any atom is 0.237 e. The fourth-order valence-electron chi connectivity index (χ4n) is 2.67. The molecule has 0 aromatic rings. The minimum atomic E-state index is -0.373. The smallest absolute Gasteiger partial charge is 0.237 e. The van der Waals surface area contributed by atoms with Crippen LogP contribution in [-0.4, -0.2) is 55.4 Å². The number of Topliss-reactive ketones (excluding diaryl/α,β-unsaturated/α-hetero) is 1. The molecule has 2 atom stereocenters. The number of hydrogen-bond donors (Lipinski definition) is 2. The Morgan fingerprint density at radius 3 is 1.86 bits per heavy atom. The van der Waals surface area contributed by atoms with Gasteiger partial charge < -0.3 is 15.5 Å². The van der Waals surface area contributed by atoms with Crippen molar-refractivity contribution in [3.8, 4) is 0 Å². The van der Waals surface area contributed by atoms with Gasteiger partial charge in [0.25, 0.3) is 0 Å². The highest BCUT2D eigenvalue weighted by atomic mass is 127. The van der Waals surface area contributed by atoms with Crippen molar-refractivity contribution in [3.05, 3.63) is 0 Å². The number of nitrogens with zero attached hydrogens (tertiary/aromatic N) is 1. The maximum atomic E-state index is 12.3. The van der Waals surface area contributed by atoms with Gasteiger partial charge in [-0.05, 0) is 58.8 Å². The van der Waals surface area contributed by atoms with Crippen LogP contribution in [0.15, 0.2) is 0 Å². The van der Waals surface area contributed by atoms with Crippen molar-refractivity contribution in [2.45, 2.75) is 100 Å². The molecule has 28 heavy (non-hydrogen) atoms. The topological polar surface area (TPSA) is 61.4 Å². The third-order valence-electron chi connectivity index (χ3n) is 4.02. The average molecular weight is 520 g/mol. The van der Waals surface area contributed by atoms with Crippen molar-refractivity contribution in [1.29, 1.82) is 0 Å². The lowest BCUT2D eigenvalue weighted by molar-refractivity contribution is -0.129. The lowest BCUT2D eigenvalue weighted by Crippen LogP contribution is -2.51. The van der Waals surface area contributed by atoms with Crippen LogP contribution in [-0.2, 0) is 9.59 Å². The molecule has 2 N–H and O–H groups in total. The van der Waals surface area contributed by atoms with Crippen LogP contribution >= 0.6 is 24.0 Å². The van der Waals surface area contributed by atoms with E-state index in [0.29, 0.717) is 6.42 Å². The normalized spacial score (nSPS) is 12.0. The zero-order valence-electron chi connectivity index (χ0n) is 20.4. The van der Waals surface area contributed by atoms with Crippen LogP contribution in [0.4, 0.5) is 0 Å². The number of nitrogens with one attached hydrogen (secondary N) is 2. The molecule has 0 heterocycles. The van der Waals surface area contributed by atoms with Gasteiger partial charge in [0.2, 0.25) is 5.91 Å². The van der Waals surface area contributed by atoms with Gasteiger partial charge in [0.1, 0.15) is 0 Å². The summed E-state index contributed by atoms with van der Waals surface area (Å²) in [5.74, 6) is 0.141. The molecular weight excluding hydrogens is 465 g/mol. The van der Waals surface area contributed by atoms with Crippen LogP contribution in [0.1, 0.15) is 90.9 Å². The van der Waals surface area contributed by atoms with Gasteiger partial charge in [-0.15, -0.1) is 24.0 Å². The van der Waals surface area contributed by atoms with Crippen LogP contribution in [0.3, 0.4) is 0 Å². The van der Waals surface area contributed by atoms with E-state index in [1.165, 1.54) is 6.42 Å². The molecule has 5 nitrogen and oxygen atoms in total. The Morgan fingerprint density at radius 1 is 1.04 bits per heavy atom. The third-order valence-corrected chi connectivity index (χ3v) is 4.02. The largest absolute Gasteiger partial charge is 0.345 e. The molecule has 0 aliphatic carbocycles. The Labute approximate surface area is 196 Å². The fraction of sp³-hybridized carbons (Fsp3) is 0.909. The molecule has 0 rings (SSSR count). The number of halogens is 1. The average Bonchev–Trinajstić information content (AvgIpc) is 2.62. The van der Waals surface area contributed by atoms with Crippen LogP contribution in [0.5, 0.6) is 0 Å². The maximum absolute atomic E-state index is 12.3. The van der Waals surface area contributed by atoms with E-state index in [-0.39, 0.29) is 56.5 Å². The summed E-state index contributed by atoms with van der Waals surface area (Å²) in [6, 6.07) is -0.628. The van der Waals surface area contributed by atoms with Crippen LogP contribution in [0, 0.1) is 5.92 Å². The van der Waals surface area contributed by atoms with Gasteiger partial charge in [-0.25, -0.2) is 0 Å². The molecule has 0 aromatic carbocycles. The van der Waals surface area contributed by atoms with E-state index in [1.807, 2.05) is 27.7 Å².